The first kappa shape index (κ1) is 15.9. The minimum Gasteiger partial charge on any atom is -0.497 e. The van der Waals surface area contributed by atoms with Crippen LogP contribution in [-0.4, -0.2) is 13.0 Å². The molecule has 3 unspecified atom stereocenters. The van der Waals surface area contributed by atoms with Crippen molar-refractivity contribution in [1.82, 2.24) is 0 Å². The van der Waals surface area contributed by atoms with Crippen molar-refractivity contribution >= 4 is 11.6 Å². The van der Waals surface area contributed by atoms with Gasteiger partial charge in [-0.2, -0.15) is 0 Å². The lowest BCUT2D eigenvalue weighted by Crippen LogP contribution is -2.28. The summed E-state index contributed by atoms with van der Waals surface area (Å²) < 4.78 is 5.20. The van der Waals surface area contributed by atoms with Crippen molar-refractivity contribution in [3.63, 3.8) is 0 Å². The number of benzene rings is 1. The van der Waals surface area contributed by atoms with Crippen molar-refractivity contribution in [2.45, 2.75) is 40.5 Å². The molecular formula is C18H27NO2. The third-order valence-corrected chi connectivity index (χ3v) is 4.73. The average molecular weight is 289 g/mol. The van der Waals surface area contributed by atoms with E-state index in [4.69, 9.17) is 4.74 Å². The minimum absolute atomic E-state index is 0.140. The molecule has 1 aromatic carbocycles. The summed E-state index contributed by atoms with van der Waals surface area (Å²) in [6.07, 6.45) is 2.17. The number of nitrogens with one attached hydrogen (secondary N) is 1. The third-order valence-electron chi connectivity index (χ3n) is 4.73. The van der Waals surface area contributed by atoms with Crippen molar-refractivity contribution < 1.29 is 9.53 Å². The monoisotopic (exact) mass is 289 g/mol. The number of carbonyl (C=O) groups is 1. The van der Waals surface area contributed by atoms with Gasteiger partial charge in [0.05, 0.1) is 7.11 Å². The summed E-state index contributed by atoms with van der Waals surface area (Å²) in [7, 11) is 1.65. The maximum absolute atomic E-state index is 12.6. The molecule has 1 fully saturated rings. The molecule has 1 aliphatic rings. The molecule has 1 saturated carbocycles. The molecular weight excluding hydrogens is 262 g/mol. The number of carbonyl (C=O) groups excluding carboxylic acids is 1. The molecule has 3 heteroatoms. The van der Waals surface area contributed by atoms with Crippen LogP contribution in [0.15, 0.2) is 18.2 Å². The Balaban J connectivity index is 2.10. The van der Waals surface area contributed by atoms with E-state index < -0.39 is 0 Å². The van der Waals surface area contributed by atoms with Crippen LogP contribution < -0.4 is 10.1 Å². The van der Waals surface area contributed by atoms with E-state index in [0.717, 1.165) is 29.8 Å². The highest BCUT2D eigenvalue weighted by Crippen LogP contribution is 2.41. The highest BCUT2D eigenvalue weighted by molar-refractivity contribution is 5.93. The topological polar surface area (TPSA) is 38.3 Å². The second-order valence-corrected chi connectivity index (χ2v) is 6.76. The van der Waals surface area contributed by atoms with Crippen molar-refractivity contribution in [3.05, 3.63) is 23.8 Å². The largest absolute Gasteiger partial charge is 0.497 e. The zero-order chi connectivity index (χ0) is 15.6. The Bertz CT molecular complexity index is 510. The average Bonchev–Trinajstić information content (AvgIpc) is 2.83. The van der Waals surface area contributed by atoms with Crippen LogP contribution >= 0.6 is 0 Å². The first-order valence-corrected chi connectivity index (χ1v) is 7.87. The molecule has 0 radical (unpaired) electrons. The van der Waals surface area contributed by atoms with E-state index >= 15 is 0 Å². The number of rotatable bonds is 4. The van der Waals surface area contributed by atoms with Crippen LogP contribution in [-0.2, 0) is 4.79 Å². The second-order valence-electron chi connectivity index (χ2n) is 6.76. The zero-order valence-corrected chi connectivity index (χ0v) is 13.8. The van der Waals surface area contributed by atoms with E-state index in [1.54, 1.807) is 7.11 Å². The Labute approximate surface area is 128 Å². The lowest BCUT2D eigenvalue weighted by Gasteiger charge is -2.22. The molecule has 1 N–H and O–H groups in total. The second kappa shape index (κ2) is 6.50. The van der Waals surface area contributed by atoms with Gasteiger partial charge in [-0.05, 0) is 61.3 Å². The number of hydrogen-bond donors (Lipinski definition) is 1. The van der Waals surface area contributed by atoms with Gasteiger partial charge < -0.3 is 10.1 Å². The van der Waals surface area contributed by atoms with E-state index in [0.29, 0.717) is 17.8 Å². The van der Waals surface area contributed by atoms with Gasteiger partial charge in [0.15, 0.2) is 0 Å². The number of methoxy groups -OCH3 is 1. The molecule has 1 amide bonds. The quantitative estimate of drug-likeness (QED) is 0.899. The summed E-state index contributed by atoms with van der Waals surface area (Å²) in [6.45, 7) is 8.69. The van der Waals surface area contributed by atoms with Crippen LogP contribution in [0.1, 0.15) is 39.2 Å². The Morgan fingerprint density at radius 3 is 2.62 bits per heavy atom. The molecule has 3 atom stereocenters. The molecule has 0 bridgehead atoms. The summed E-state index contributed by atoms with van der Waals surface area (Å²) in [5.74, 6) is 2.83. The van der Waals surface area contributed by atoms with Crippen LogP contribution in [0.3, 0.4) is 0 Å². The van der Waals surface area contributed by atoms with Gasteiger partial charge in [0, 0.05) is 11.6 Å². The predicted molar refractivity (Wildman–Crippen MR) is 86.6 cm³/mol. The lowest BCUT2D eigenvalue weighted by molar-refractivity contribution is -0.121. The van der Waals surface area contributed by atoms with Crippen molar-refractivity contribution in [2.24, 2.45) is 23.7 Å². The van der Waals surface area contributed by atoms with Gasteiger partial charge >= 0.3 is 0 Å². The molecule has 3 nitrogen and oxygen atoms in total. The number of anilines is 1. The van der Waals surface area contributed by atoms with E-state index in [2.05, 4.69) is 26.1 Å². The third kappa shape index (κ3) is 3.58. The van der Waals surface area contributed by atoms with Gasteiger partial charge in [0.1, 0.15) is 5.75 Å². The van der Waals surface area contributed by atoms with Gasteiger partial charge in [-0.25, -0.2) is 0 Å². The van der Waals surface area contributed by atoms with Crippen LogP contribution in [0, 0.1) is 30.6 Å². The van der Waals surface area contributed by atoms with Crippen LogP contribution in [0.4, 0.5) is 5.69 Å². The fourth-order valence-electron chi connectivity index (χ4n) is 3.50. The molecule has 0 spiro atoms. The van der Waals surface area contributed by atoms with Gasteiger partial charge in [0.25, 0.3) is 0 Å². The van der Waals surface area contributed by atoms with E-state index in [9.17, 15) is 4.79 Å². The Morgan fingerprint density at radius 2 is 2.05 bits per heavy atom. The van der Waals surface area contributed by atoms with Crippen LogP contribution in [0.5, 0.6) is 5.75 Å². The Morgan fingerprint density at radius 1 is 1.33 bits per heavy atom. The van der Waals surface area contributed by atoms with Crippen molar-refractivity contribution in [3.8, 4) is 5.75 Å². The smallest absolute Gasteiger partial charge is 0.227 e. The molecule has 21 heavy (non-hydrogen) atoms. The van der Waals surface area contributed by atoms with E-state index in [-0.39, 0.29) is 11.8 Å². The van der Waals surface area contributed by atoms with Gasteiger partial charge in [-0.1, -0.05) is 20.8 Å². The fraction of sp³-hybridized carbons (Fsp3) is 0.611. The highest BCUT2D eigenvalue weighted by Gasteiger charge is 2.38. The Hall–Kier alpha value is -1.51. The number of aryl methyl sites for hydroxylation is 1. The predicted octanol–water partition coefficient (Wildman–Crippen LogP) is 4.26. The molecule has 0 aliphatic heterocycles. The van der Waals surface area contributed by atoms with E-state index in [1.165, 1.54) is 0 Å². The van der Waals surface area contributed by atoms with Crippen molar-refractivity contribution in [2.75, 3.05) is 12.4 Å². The molecule has 2 rings (SSSR count). The summed E-state index contributed by atoms with van der Waals surface area (Å²) in [5.41, 5.74) is 1.93. The lowest BCUT2D eigenvalue weighted by atomic mass is 9.85. The zero-order valence-electron chi connectivity index (χ0n) is 13.8. The summed E-state index contributed by atoms with van der Waals surface area (Å²) in [5, 5.41) is 3.11. The Kier molecular flexibility index (Phi) is 4.92. The molecule has 1 aromatic rings. The first-order valence-electron chi connectivity index (χ1n) is 7.87. The maximum Gasteiger partial charge on any atom is 0.227 e. The van der Waals surface area contributed by atoms with E-state index in [1.807, 2.05) is 25.1 Å². The first-order chi connectivity index (χ1) is 9.92. The summed E-state index contributed by atoms with van der Waals surface area (Å²) in [6, 6.07) is 5.77. The van der Waals surface area contributed by atoms with Crippen LogP contribution in [0.25, 0.3) is 0 Å². The van der Waals surface area contributed by atoms with Crippen molar-refractivity contribution in [1.29, 1.82) is 0 Å². The maximum atomic E-state index is 12.6. The standard InChI is InChI=1S/C18H27NO2/c1-11(2)15-8-12(3)9-16(15)18(20)19-17-7-6-14(21-5)10-13(17)4/h6-7,10-12,15-16H,8-9H2,1-5H3,(H,19,20). The number of amides is 1. The SMILES string of the molecule is COc1ccc(NC(=O)C2CC(C)CC2C(C)C)c(C)c1. The van der Waals surface area contributed by atoms with Gasteiger partial charge in [-0.15, -0.1) is 0 Å². The normalized spacial score (nSPS) is 25.1. The minimum atomic E-state index is 0.140. The van der Waals surface area contributed by atoms with Crippen LogP contribution in [0.2, 0.25) is 0 Å². The van der Waals surface area contributed by atoms with Gasteiger partial charge in [0.2, 0.25) is 5.91 Å². The molecule has 0 saturated heterocycles. The summed E-state index contributed by atoms with van der Waals surface area (Å²) >= 11 is 0. The number of ether oxygens (including phenoxy) is 1. The number of hydrogen-bond acceptors (Lipinski definition) is 2. The molecule has 0 heterocycles. The summed E-state index contributed by atoms with van der Waals surface area (Å²) in [4.78, 5) is 12.6. The van der Waals surface area contributed by atoms with Gasteiger partial charge in [-0.3, -0.25) is 4.79 Å². The molecule has 1 aliphatic carbocycles. The highest BCUT2D eigenvalue weighted by atomic mass is 16.5. The molecule has 116 valence electrons. The fourth-order valence-corrected chi connectivity index (χ4v) is 3.50. The molecule has 0 aromatic heterocycles.